The molecule has 0 aliphatic heterocycles. The van der Waals surface area contributed by atoms with Gasteiger partial charge in [-0.15, -0.1) is 0 Å². The number of para-hydroxylation sites is 2. The molecule has 0 saturated heterocycles. The van der Waals surface area contributed by atoms with Crippen LogP contribution in [0.25, 0.3) is 10.9 Å². The topological polar surface area (TPSA) is 54.1 Å². The van der Waals surface area contributed by atoms with Crippen LogP contribution in [0.1, 0.15) is 62.1 Å². The van der Waals surface area contributed by atoms with Crippen LogP contribution >= 0.6 is 0 Å². The number of aromatic amines is 1. The molecule has 0 fully saturated rings. The van der Waals surface area contributed by atoms with Gasteiger partial charge in [0.05, 0.1) is 7.11 Å². The highest BCUT2D eigenvalue weighted by Crippen LogP contribution is 2.38. The van der Waals surface area contributed by atoms with E-state index in [2.05, 4.69) is 54.6 Å². The fourth-order valence-electron chi connectivity index (χ4n) is 4.02. The molecule has 0 saturated carbocycles. The van der Waals surface area contributed by atoms with E-state index >= 15 is 0 Å². The van der Waals surface area contributed by atoms with Crippen LogP contribution in [0.4, 0.5) is 0 Å². The lowest BCUT2D eigenvalue weighted by Crippen LogP contribution is -2.26. The molecular formula is C25H32N2O2. The molecule has 1 aromatic heterocycles. The van der Waals surface area contributed by atoms with Gasteiger partial charge in [-0.1, -0.05) is 63.1 Å². The minimum Gasteiger partial charge on any atom is -0.496 e. The summed E-state index contributed by atoms with van der Waals surface area (Å²) in [6.45, 7) is 5.07. The number of benzene rings is 2. The molecule has 3 rings (SSSR count). The standard InChI is InChI=1S/C25H32N2O2/c1-4-6-9-15-26-24(28)16-21(19-12-7-8-14-23(19)29-3)22-17-27-25-18(5-2)11-10-13-20(22)25/h7-8,10-14,17,21,27H,4-6,9,15-16H2,1-3H3,(H,26,28)/t21-/m1/s1. The fourth-order valence-corrected chi connectivity index (χ4v) is 4.02. The molecule has 1 heterocycles. The summed E-state index contributed by atoms with van der Waals surface area (Å²) in [4.78, 5) is 16.2. The van der Waals surface area contributed by atoms with Crippen LogP contribution < -0.4 is 10.1 Å². The zero-order valence-corrected chi connectivity index (χ0v) is 17.8. The fraction of sp³-hybridized carbons (Fsp3) is 0.400. The highest BCUT2D eigenvalue weighted by molar-refractivity contribution is 5.88. The summed E-state index contributed by atoms with van der Waals surface area (Å²) in [5.74, 6) is 0.827. The molecule has 0 spiro atoms. The van der Waals surface area contributed by atoms with Crippen LogP contribution in [-0.4, -0.2) is 24.5 Å². The molecule has 4 nitrogen and oxygen atoms in total. The second-order valence-electron chi connectivity index (χ2n) is 7.49. The van der Waals surface area contributed by atoms with Gasteiger partial charge in [0.25, 0.3) is 0 Å². The number of ether oxygens (including phenoxy) is 1. The lowest BCUT2D eigenvalue weighted by Gasteiger charge is -2.20. The summed E-state index contributed by atoms with van der Waals surface area (Å²) in [5, 5.41) is 4.28. The third kappa shape index (κ3) is 4.81. The van der Waals surface area contributed by atoms with Gasteiger partial charge in [0.1, 0.15) is 5.75 Å². The predicted octanol–water partition coefficient (Wildman–Crippen LogP) is 5.57. The largest absolute Gasteiger partial charge is 0.496 e. The molecule has 1 amide bonds. The lowest BCUT2D eigenvalue weighted by molar-refractivity contribution is -0.121. The number of nitrogens with one attached hydrogen (secondary N) is 2. The molecule has 2 N–H and O–H groups in total. The van der Waals surface area contributed by atoms with E-state index in [1.807, 2.05) is 18.2 Å². The van der Waals surface area contributed by atoms with Crippen LogP contribution in [0.2, 0.25) is 0 Å². The molecule has 0 unspecified atom stereocenters. The molecule has 3 aromatic rings. The Hall–Kier alpha value is -2.75. The van der Waals surface area contributed by atoms with E-state index < -0.39 is 0 Å². The van der Waals surface area contributed by atoms with Gasteiger partial charge >= 0.3 is 0 Å². The highest BCUT2D eigenvalue weighted by Gasteiger charge is 2.24. The van der Waals surface area contributed by atoms with Gasteiger partial charge in [-0.05, 0) is 30.0 Å². The van der Waals surface area contributed by atoms with E-state index in [0.717, 1.165) is 54.6 Å². The minimum absolute atomic E-state index is 0.0711. The smallest absolute Gasteiger partial charge is 0.220 e. The number of methoxy groups -OCH3 is 1. The van der Waals surface area contributed by atoms with E-state index in [1.54, 1.807) is 7.11 Å². The first-order chi connectivity index (χ1) is 14.2. The zero-order chi connectivity index (χ0) is 20.6. The molecule has 0 aliphatic rings. The van der Waals surface area contributed by atoms with Crippen molar-refractivity contribution < 1.29 is 9.53 Å². The number of unbranched alkanes of at least 4 members (excludes halogenated alkanes) is 2. The number of rotatable bonds is 10. The average molecular weight is 393 g/mol. The number of aromatic nitrogens is 1. The van der Waals surface area contributed by atoms with Gasteiger partial charge in [0.2, 0.25) is 5.91 Å². The summed E-state index contributed by atoms with van der Waals surface area (Å²) in [6, 6.07) is 14.4. The van der Waals surface area contributed by atoms with E-state index in [4.69, 9.17) is 4.74 Å². The highest BCUT2D eigenvalue weighted by atomic mass is 16.5. The van der Waals surface area contributed by atoms with Crippen molar-refractivity contribution in [3.63, 3.8) is 0 Å². The van der Waals surface area contributed by atoms with Gasteiger partial charge in [-0.2, -0.15) is 0 Å². The van der Waals surface area contributed by atoms with E-state index in [9.17, 15) is 4.79 Å². The number of carbonyl (C=O) groups excluding carboxylic acids is 1. The van der Waals surface area contributed by atoms with E-state index in [-0.39, 0.29) is 11.8 Å². The first-order valence-corrected chi connectivity index (χ1v) is 10.7. The maximum Gasteiger partial charge on any atom is 0.220 e. The van der Waals surface area contributed by atoms with Crippen molar-refractivity contribution in [1.29, 1.82) is 0 Å². The summed E-state index contributed by atoms with van der Waals surface area (Å²) in [7, 11) is 1.69. The van der Waals surface area contributed by atoms with Crippen molar-refractivity contribution in [3.05, 3.63) is 65.4 Å². The molecule has 4 heteroatoms. The van der Waals surface area contributed by atoms with Crippen molar-refractivity contribution in [3.8, 4) is 5.75 Å². The maximum absolute atomic E-state index is 12.8. The Morgan fingerprint density at radius 1 is 1.07 bits per heavy atom. The van der Waals surface area contributed by atoms with Crippen LogP contribution in [-0.2, 0) is 11.2 Å². The van der Waals surface area contributed by atoms with Crippen LogP contribution in [0, 0.1) is 0 Å². The molecule has 2 aromatic carbocycles. The normalized spacial score (nSPS) is 12.1. The molecule has 0 radical (unpaired) electrons. The Balaban J connectivity index is 1.97. The number of fused-ring (bicyclic) bond motifs is 1. The molecule has 29 heavy (non-hydrogen) atoms. The van der Waals surface area contributed by atoms with Gasteiger partial charge in [-0.25, -0.2) is 0 Å². The second-order valence-corrected chi connectivity index (χ2v) is 7.49. The predicted molar refractivity (Wildman–Crippen MR) is 120 cm³/mol. The van der Waals surface area contributed by atoms with Crippen LogP contribution in [0.3, 0.4) is 0 Å². The van der Waals surface area contributed by atoms with Gasteiger partial charge < -0.3 is 15.0 Å². The zero-order valence-electron chi connectivity index (χ0n) is 17.8. The first kappa shape index (κ1) is 21.0. The number of carbonyl (C=O) groups is 1. The first-order valence-electron chi connectivity index (χ1n) is 10.7. The number of hydrogen-bond acceptors (Lipinski definition) is 2. The monoisotopic (exact) mass is 392 g/mol. The second kappa shape index (κ2) is 10.1. The van der Waals surface area contributed by atoms with Crippen LogP contribution in [0.15, 0.2) is 48.7 Å². The summed E-state index contributed by atoms with van der Waals surface area (Å²) in [6.07, 6.45) is 6.73. The van der Waals surface area contributed by atoms with Crippen molar-refractivity contribution >= 4 is 16.8 Å². The Bertz CT molecular complexity index is 945. The summed E-state index contributed by atoms with van der Waals surface area (Å²) >= 11 is 0. The van der Waals surface area contributed by atoms with Crippen molar-refractivity contribution in [2.24, 2.45) is 0 Å². The Morgan fingerprint density at radius 2 is 1.90 bits per heavy atom. The Kier molecular flexibility index (Phi) is 7.34. The van der Waals surface area contributed by atoms with Crippen molar-refractivity contribution in [2.75, 3.05) is 13.7 Å². The quantitative estimate of drug-likeness (QED) is 0.443. The Morgan fingerprint density at radius 3 is 2.66 bits per heavy atom. The number of hydrogen-bond donors (Lipinski definition) is 2. The summed E-state index contributed by atoms with van der Waals surface area (Å²) < 4.78 is 5.63. The number of H-pyrrole nitrogens is 1. The van der Waals surface area contributed by atoms with E-state index in [0.29, 0.717) is 6.42 Å². The molecule has 0 bridgehead atoms. The molecule has 0 aliphatic carbocycles. The van der Waals surface area contributed by atoms with Gasteiger partial charge in [0.15, 0.2) is 0 Å². The number of amides is 1. The Labute approximate surface area is 173 Å². The lowest BCUT2D eigenvalue weighted by atomic mass is 9.87. The van der Waals surface area contributed by atoms with Gasteiger partial charge in [0, 0.05) is 41.5 Å². The molecular weight excluding hydrogens is 360 g/mol. The maximum atomic E-state index is 12.8. The minimum atomic E-state index is -0.0711. The third-order valence-electron chi connectivity index (χ3n) is 5.60. The number of aryl methyl sites for hydroxylation is 1. The average Bonchev–Trinajstić information content (AvgIpc) is 3.19. The van der Waals surface area contributed by atoms with Gasteiger partial charge in [-0.3, -0.25) is 4.79 Å². The van der Waals surface area contributed by atoms with Crippen molar-refractivity contribution in [2.45, 2.75) is 51.9 Å². The SMILES string of the molecule is CCCCCNC(=O)C[C@H](c1ccccc1OC)c1c[nH]c2c(CC)cccc12. The van der Waals surface area contributed by atoms with Crippen LogP contribution in [0.5, 0.6) is 5.75 Å². The van der Waals surface area contributed by atoms with Crippen molar-refractivity contribution in [1.82, 2.24) is 10.3 Å². The third-order valence-corrected chi connectivity index (χ3v) is 5.60. The molecule has 1 atom stereocenters. The summed E-state index contributed by atoms with van der Waals surface area (Å²) in [5.41, 5.74) is 4.63. The molecule has 154 valence electrons. The van der Waals surface area contributed by atoms with E-state index in [1.165, 1.54) is 10.9 Å².